The molecule has 0 heterocycles. The number of hydrogen-bond donors (Lipinski definition) is 0. The van der Waals surface area contributed by atoms with E-state index in [9.17, 15) is 31.7 Å². The first-order valence-corrected chi connectivity index (χ1v) is 14.5. The Labute approximate surface area is 237 Å². The molecule has 1 unspecified atom stereocenters. The topological polar surface area (TPSA) is 80.5 Å². The van der Waals surface area contributed by atoms with Crippen molar-refractivity contribution in [3.05, 3.63) is 115 Å². The second-order valence-electron chi connectivity index (χ2n) is 9.03. The maximum absolute atomic E-state index is 13.9. The van der Waals surface area contributed by atoms with E-state index >= 15 is 0 Å². The van der Waals surface area contributed by atoms with E-state index in [-0.39, 0.29) is 30.0 Å². The molecule has 0 aromatic heterocycles. The monoisotopic (exact) mass is 668 g/mol. The molecule has 0 aliphatic rings. The van der Waals surface area contributed by atoms with Crippen LogP contribution in [0.1, 0.15) is 36.1 Å². The highest BCUT2D eigenvalue weighted by Gasteiger charge is 2.33. The van der Waals surface area contributed by atoms with Crippen LogP contribution >= 0.6 is 22.6 Å². The standard InChI is InChI=1S/C28H24F3IN2O4S/c1-19(27-25-10-3-2-8-21(25)11-16-26(27)32)33(39(37,38)24-14-12-23(13-15-24)34(35)36)17-5-7-20-6-4-9-22(18-20)28(29,30)31/h2-4,6,8-16,18-19H,5,7,17H2,1H3. The molecule has 4 rings (SSSR count). The lowest BCUT2D eigenvalue weighted by molar-refractivity contribution is -0.384. The van der Waals surface area contributed by atoms with Crippen molar-refractivity contribution in [1.29, 1.82) is 0 Å². The lowest BCUT2D eigenvalue weighted by Gasteiger charge is -2.30. The summed E-state index contributed by atoms with van der Waals surface area (Å²) < 4.78 is 69.5. The number of non-ortho nitro benzene ring substituents is 1. The first-order valence-electron chi connectivity index (χ1n) is 12.0. The van der Waals surface area contributed by atoms with E-state index < -0.39 is 32.7 Å². The van der Waals surface area contributed by atoms with E-state index in [0.717, 1.165) is 44.2 Å². The van der Waals surface area contributed by atoms with Gasteiger partial charge in [-0.15, -0.1) is 0 Å². The van der Waals surface area contributed by atoms with Crippen LogP contribution in [0.2, 0.25) is 0 Å². The van der Waals surface area contributed by atoms with Crippen molar-refractivity contribution >= 4 is 49.1 Å². The minimum absolute atomic E-state index is 0.0238. The van der Waals surface area contributed by atoms with Crippen LogP contribution in [0.15, 0.2) is 89.8 Å². The predicted molar refractivity (Wildman–Crippen MR) is 152 cm³/mol. The summed E-state index contributed by atoms with van der Waals surface area (Å²) in [7, 11) is -4.13. The number of alkyl halides is 3. The molecular weight excluding hydrogens is 644 g/mol. The lowest BCUT2D eigenvalue weighted by atomic mass is 9.99. The normalized spacial score (nSPS) is 13.1. The Morgan fingerprint density at radius 3 is 2.33 bits per heavy atom. The largest absolute Gasteiger partial charge is 0.416 e. The summed E-state index contributed by atoms with van der Waals surface area (Å²) in [6, 6.07) is 20.5. The van der Waals surface area contributed by atoms with Gasteiger partial charge >= 0.3 is 6.18 Å². The lowest BCUT2D eigenvalue weighted by Crippen LogP contribution is -2.35. The first kappa shape index (κ1) is 29.0. The van der Waals surface area contributed by atoms with Crippen LogP contribution in [-0.2, 0) is 22.6 Å². The van der Waals surface area contributed by atoms with Gasteiger partial charge in [-0.3, -0.25) is 10.1 Å². The Balaban J connectivity index is 1.71. The molecule has 0 saturated heterocycles. The van der Waals surface area contributed by atoms with Crippen LogP contribution in [-0.4, -0.2) is 24.2 Å². The third kappa shape index (κ3) is 6.42. The summed E-state index contributed by atoms with van der Waals surface area (Å²) in [4.78, 5) is 10.4. The zero-order valence-electron chi connectivity index (χ0n) is 20.7. The average Bonchev–Trinajstić information content (AvgIpc) is 2.90. The van der Waals surface area contributed by atoms with Crippen molar-refractivity contribution in [3.63, 3.8) is 0 Å². The fraction of sp³-hybridized carbons (Fsp3) is 0.214. The molecule has 0 spiro atoms. The van der Waals surface area contributed by atoms with Crippen molar-refractivity contribution in [2.24, 2.45) is 0 Å². The van der Waals surface area contributed by atoms with Gasteiger partial charge in [-0.05, 0) is 88.5 Å². The van der Waals surface area contributed by atoms with Crippen molar-refractivity contribution in [3.8, 4) is 0 Å². The summed E-state index contributed by atoms with van der Waals surface area (Å²) in [6.07, 6.45) is -3.98. The Morgan fingerprint density at radius 1 is 0.974 bits per heavy atom. The third-order valence-electron chi connectivity index (χ3n) is 6.52. The van der Waals surface area contributed by atoms with Gasteiger partial charge in [-0.2, -0.15) is 17.5 Å². The minimum atomic E-state index is -4.47. The minimum Gasteiger partial charge on any atom is -0.258 e. The van der Waals surface area contributed by atoms with Gasteiger partial charge in [0.1, 0.15) is 0 Å². The average molecular weight is 668 g/mol. The number of nitro groups is 1. The van der Waals surface area contributed by atoms with Crippen LogP contribution in [0.25, 0.3) is 10.8 Å². The fourth-order valence-corrected chi connectivity index (χ4v) is 7.14. The van der Waals surface area contributed by atoms with Gasteiger partial charge in [0.2, 0.25) is 10.0 Å². The Hall–Kier alpha value is -3.03. The van der Waals surface area contributed by atoms with E-state index in [1.54, 1.807) is 13.0 Å². The molecular formula is C28H24F3IN2O4S. The van der Waals surface area contributed by atoms with E-state index in [1.165, 1.54) is 22.5 Å². The first-order chi connectivity index (χ1) is 18.4. The zero-order chi connectivity index (χ0) is 28.4. The second-order valence-corrected chi connectivity index (χ2v) is 12.1. The molecule has 0 amide bonds. The van der Waals surface area contributed by atoms with Crippen molar-refractivity contribution in [2.75, 3.05) is 6.54 Å². The predicted octanol–water partition coefficient (Wildman–Crippen LogP) is 7.76. The maximum atomic E-state index is 13.9. The number of benzene rings is 4. The van der Waals surface area contributed by atoms with Crippen molar-refractivity contribution < 1.29 is 26.5 Å². The molecule has 4 aromatic carbocycles. The number of fused-ring (bicyclic) bond motifs is 1. The van der Waals surface area contributed by atoms with Crippen LogP contribution < -0.4 is 0 Å². The summed E-state index contributed by atoms with van der Waals surface area (Å²) in [5.74, 6) is 0. The number of hydrogen-bond acceptors (Lipinski definition) is 4. The van der Waals surface area contributed by atoms with E-state index in [4.69, 9.17) is 0 Å². The van der Waals surface area contributed by atoms with E-state index in [1.807, 2.05) is 36.4 Å². The highest BCUT2D eigenvalue weighted by atomic mass is 127. The summed E-state index contributed by atoms with van der Waals surface area (Å²) in [5, 5.41) is 12.9. The molecule has 0 fully saturated rings. The van der Waals surface area contributed by atoms with Crippen LogP contribution in [0.5, 0.6) is 0 Å². The SMILES string of the molecule is CC(c1c(I)ccc2ccccc12)N(CCCc1cccc(C(F)(F)F)c1)S(=O)(=O)c1ccc([N+](=O)[O-])cc1. The zero-order valence-corrected chi connectivity index (χ0v) is 23.7. The van der Waals surface area contributed by atoms with Gasteiger partial charge < -0.3 is 0 Å². The highest BCUT2D eigenvalue weighted by Crippen LogP contribution is 2.36. The van der Waals surface area contributed by atoms with Crippen LogP contribution in [0.3, 0.4) is 0 Å². The number of rotatable bonds is 9. The van der Waals surface area contributed by atoms with Crippen LogP contribution in [0.4, 0.5) is 18.9 Å². The number of sulfonamides is 1. The molecule has 39 heavy (non-hydrogen) atoms. The molecule has 0 bridgehead atoms. The number of halogens is 4. The van der Waals surface area contributed by atoms with Gasteiger partial charge in [-0.1, -0.05) is 48.5 Å². The molecule has 11 heteroatoms. The summed E-state index contributed by atoms with van der Waals surface area (Å²) >= 11 is 2.17. The van der Waals surface area contributed by atoms with Gasteiger partial charge in [0.15, 0.2) is 0 Å². The summed E-state index contributed by atoms with van der Waals surface area (Å²) in [6.45, 7) is 1.80. The second kappa shape index (κ2) is 11.6. The Bertz CT molecular complexity index is 1610. The molecule has 204 valence electrons. The molecule has 6 nitrogen and oxygen atoms in total. The number of nitrogens with zero attached hydrogens (tertiary/aromatic N) is 2. The van der Waals surface area contributed by atoms with Gasteiger partial charge in [0.25, 0.3) is 5.69 Å². The molecule has 1 atom stereocenters. The highest BCUT2D eigenvalue weighted by molar-refractivity contribution is 14.1. The van der Waals surface area contributed by atoms with Gasteiger partial charge in [-0.25, -0.2) is 8.42 Å². The molecule has 0 aliphatic heterocycles. The van der Waals surface area contributed by atoms with E-state index in [2.05, 4.69) is 22.6 Å². The molecule has 0 saturated carbocycles. The quantitative estimate of drug-likeness (QED) is 0.104. The third-order valence-corrected chi connectivity index (χ3v) is 9.44. The molecule has 0 aliphatic carbocycles. The van der Waals surface area contributed by atoms with Crippen LogP contribution in [0, 0.1) is 13.7 Å². The fourth-order valence-electron chi connectivity index (χ4n) is 4.58. The van der Waals surface area contributed by atoms with Gasteiger partial charge in [0, 0.05) is 28.3 Å². The Morgan fingerprint density at radius 2 is 1.67 bits per heavy atom. The molecule has 4 aromatic rings. The van der Waals surface area contributed by atoms with Crippen molar-refractivity contribution in [1.82, 2.24) is 4.31 Å². The van der Waals surface area contributed by atoms with Gasteiger partial charge in [0.05, 0.1) is 15.4 Å². The number of nitro benzene ring substituents is 1. The Kier molecular flexibility index (Phi) is 8.62. The molecule has 0 radical (unpaired) electrons. The van der Waals surface area contributed by atoms with E-state index in [0.29, 0.717) is 5.56 Å². The summed E-state index contributed by atoms with van der Waals surface area (Å²) in [5.41, 5.74) is 0.263. The smallest absolute Gasteiger partial charge is 0.258 e. The number of aryl methyl sites for hydroxylation is 1. The maximum Gasteiger partial charge on any atom is 0.416 e. The molecule has 0 N–H and O–H groups in total. The van der Waals surface area contributed by atoms with Crippen molar-refractivity contribution in [2.45, 2.75) is 36.9 Å².